The van der Waals surface area contributed by atoms with Gasteiger partial charge in [0.2, 0.25) is 0 Å². The van der Waals surface area contributed by atoms with Gasteiger partial charge in [0.25, 0.3) is 6.02 Å². The Balaban J connectivity index is 1.76. The van der Waals surface area contributed by atoms with Crippen LogP contribution in [0, 0.1) is 0 Å². The van der Waals surface area contributed by atoms with Gasteiger partial charge in [-0.2, -0.15) is 0 Å². The quantitative estimate of drug-likeness (QED) is 0.879. The van der Waals surface area contributed by atoms with Crippen LogP contribution in [0.25, 0.3) is 11.1 Å². The summed E-state index contributed by atoms with van der Waals surface area (Å²) >= 11 is 0. The monoisotopic (exact) mass is 293 g/mol. The molecule has 4 nitrogen and oxygen atoms in total. The predicted molar refractivity (Wildman–Crippen MR) is 86.6 cm³/mol. The molecular weight excluding hydrogens is 274 g/mol. The Morgan fingerprint density at radius 3 is 2.77 bits per heavy atom. The molecule has 1 spiro atoms. The van der Waals surface area contributed by atoms with Crippen LogP contribution in [0.1, 0.15) is 24.5 Å². The summed E-state index contributed by atoms with van der Waals surface area (Å²) in [6, 6.07) is 11.0. The second kappa shape index (κ2) is 4.83. The van der Waals surface area contributed by atoms with Crippen molar-refractivity contribution < 1.29 is 4.74 Å². The van der Waals surface area contributed by atoms with E-state index in [1.165, 1.54) is 22.3 Å². The van der Waals surface area contributed by atoms with E-state index in [1.807, 2.05) is 12.4 Å². The van der Waals surface area contributed by atoms with Crippen molar-refractivity contribution in [1.29, 1.82) is 0 Å². The number of rotatable bonds is 1. The van der Waals surface area contributed by atoms with Crippen LogP contribution in [0.4, 0.5) is 0 Å². The number of aromatic nitrogens is 1. The fourth-order valence-corrected chi connectivity index (χ4v) is 3.73. The zero-order chi connectivity index (χ0) is 15.2. The smallest absolute Gasteiger partial charge is 0.282 e. The molecule has 22 heavy (non-hydrogen) atoms. The number of hydrogen-bond donors (Lipinski definition) is 1. The van der Waals surface area contributed by atoms with Gasteiger partial charge in [-0.3, -0.25) is 4.98 Å². The number of nitrogens with two attached hydrogens (primary N) is 1. The third-order valence-electron chi connectivity index (χ3n) is 4.96. The number of nitrogens with zero attached hydrogens (tertiary/aromatic N) is 2. The van der Waals surface area contributed by atoms with Gasteiger partial charge < -0.3 is 10.5 Å². The van der Waals surface area contributed by atoms with Gasteiger partial charge in [0.05, 0.1) is 0 Å². The van der Waals surface area contributed by atoms with Crippen LogP contribution >= 0.6 is 0 Å². The minimum absolute atomic E-state index is 0.0465. The Kier molecular flexibility index (Phi) is 2.93. The largest absolute Gasteiger partial charge is 0.460 e. The van der Waals surface area contributed by atoms with E-state index in [-0.39, 0.29) is 11.6 Å². The minimum Gasteiger partial charge on any atom is -0.460 e. The molecule has 2 N–H and O–H groups in total. The first-order chi connectivity index (χ1) is 10.7. The second-order valence-corrected chi connectivity index (χ2v) is 6.17. The number of pyridine rings is 1. The highest BCUT2D eigenvalue weighted by Crippen LogP contribution is 2.41. The van der Waals surface area contributed by atoms with E-state index < -0.39 is 0 Å². The first-order valence-corrected chi connectivity index (χ1v) is 7.71. The van der Waals surface area contributed by atoms with Gasteiger partial charge in [-0.1, -0.05) is 18.2 Å². The molecule has 1 aromatic heterocycles. The molecule has 2 unspecified atom stereocenters. The summed E-state index contributed by atoms with van der Waals surface area (Å²) in [4.78, 5) is 8.73. The van der Waals surface area contributed by atoms with Crippen molar-refractivity contribution in [2.75, 3.05) is 0 Å². The molecule has 0 radical (unpaired) electrons. The first kappa shape index (κ1) is 13.3. The Morgan fingerprint density at radius 2 is 2.05 bits per heavy atom. The highest BCUT2D eigenvalue weighted by atomic mass is 16.5. The normalized spacial score (nSPS) is 26.4. The zero-order valence-electron chi connectivity index (χ0n) is 12.6. The van der Waals surface area contributed by atoms with Crippen LogP contribution in [0.15, 0.2) is 47.7 Å². The van der Waals surface area contributed by atoms with Crippen LogP contribution in [0.5, 0.6) is 0 Å². The summed E-state index contributed by atoms with van der Waals surface area (Å²) in [7, 11) is 0. The molecule has 4 rings (SSSR count). The zero-order valence-corrected chi connectivity index (χ0v) is 12.6. The van der Waals surface area contributed by atoms with Crippen LogP contribution in [0.3, 0.4) is 0 Å². The van der Waals surface area contributed by atoms with E-state index in [1.54, 1.807) is 0 Å². The molecule has 2 atom stereocenters. The van der Waals surface area contributed by atoms with Crippen molar-refractivity contribution in [2.45, 2.75) is 37.8 Å². The Labute approximate surface area is 130 Å². The number of fused-ring (bicyclic) bond motifs is 1. The maximum atomic E-state index is 5.79. The maximum absolute atomic E-state index is 5.79. The average Bonchev–Trinajstić information content (AvgIpc) is 2.80. The number of ether oxygens (including phenoxy) is 1. The molecule has 2 aliphatic rings. The van der Waals surface area contributed by atoms with Crippen molar-refractivity contribution >= 4 is 6.02 Å². The molecule has 2 heterocycles. The Morgan fingerprint density at radius 1 is 1.23 bits per heavy atom. The lowest BCUT2D eigenvalue weighted by molar-refractivity contribution is 0.140. The van der Waals surface area contributed by atoms with Crippen molar-refractivity contribution in [1.82, 2.24) is 4.98 Å². The van der Waals surface area contributed by atoms with Gasteiger partial charge in [-0.25, -0.2) is 4.99 Å². The van der Waals surface area contributed by atoms with E-state index >= 15 is 0 Å². The standard InChI is InChI=1S/C18H19N3O/c1-12-18(21-17(19)22-12)8-5-16-14(11-18)3-2-4-15(16)13-6-9-20-10-7-13/h2-4,6-7,9-10,12H,5,8,11H2,1H3,(H2,19,21). The molecular formula is C18H19N3O. The molecule has 4 heteroatoms. The summed E-state index contributed by atoms with van der Waals surface area (Å²) < 4.78 is 5.60. The number of hydrogen-bond acceptors (Lipinski definition) is 4. The lowest BCUT2D eigenvalue weighted by Gasteiger charge is -2.35. The van der Waals surface area contributed by atoms with Gasteiger partial charge in [0.1, 0.15) is 11.6 Å². The number of amidine groups is 1. The van der Waals surface area contributed by atoms with Crippen molar-refractivity contribution in [2.24, 2.45) is 10.7 Å². The molecule has 0 fully saturated rings. The summed E-state index contributed by atoms with van der Waals surface area (Å²) in [5, 5.41) is 0. The summed E-state index contributed by atoms with van der Waals surface area (Å²) in [5.74, 6) is 0. The molecule has 1 aliphatic carbocycles. The summed E-state index contributed by atoms with van der Waals surface area (Å²) in [6.45, 7) is 2.07. The van der Waals surface area contributed by atoms with E-state index in [4.69, 9.17) is 10.5 Å². The van der Waals surface area contributed by atoms with E-state index in [9.17, 15) is 0 Å². The molecule has 0 amide bonds. The molecule has 112 valence electrons. The van der Waals surface area contributed by atoms with Crippen LogP contribution in [-0.4, -0.2) is 22.6 Å². The molecule has 0 saturated carbocycles. The third kappa shape index (κ3) is 1.98. The number of benzene rings is 1. The van der Waals surface area contributed by atoms with Gasteiger partial charge >= 0.3 is 0 Å². The minimum atomic E-state index is -0.187. The van der Waals surface area contributed by atoms with Crippen LogP contribution < -0.4 is 5.73 Å². The first-order valence-electron chi connectivity index (χ1n) is 7.71. The average molecular weight is 293 g/mol. The molecule has 1 aromatic carbocycles. The van der Waals surface area contributed by atoms with Gasteiger partial charge in [-0.05, 0) is 54.2 Å². The van der Waals surface area contributed by atoms with E-state index in [0.717, 1.165) is 19.3 Å². The fourth-order valence-electron chi connectivity index (χ4n) is 3.73. The fraction of sp³-hybridized carbons (Fsp3) is 0.333. The second-order valence-electron chi connectivity index (χ2n) is 6.17. The highest BCUT2D eigenvalue weighted by Gasteiger charge is 2.45. The Bertz CT molecular complexity index is 741. The van der Waals surface area contributed by atoms with Crippen molar-refractivity contribution in [3.05, 3.63) is 53.9 Å². The summed E-state index contributed by atoms with van der Waals surface area (Å²) in [6.07, 6.45) is 6.60. The summed E-state index contributed by atoms with van der Waals surface area (Å²) in [5.41, 5.74) is 10.9. The van der Waals surface area contributed by atoms with Crippen LogP contribution in [-0.2, 0) is 17.6 Å². The van der Waals surface area contributed by atoms with Crippen molar-refractivity contribution in [3.8, 4) is 11.1 Å². The van der Waals surface area contributed by atoms with E-state index in [2.05, 4.69) is 47.2 Å². The van der Waals surface area contributed by atoms with Crippen LogP contribution in [0.2, 0.25) is 0 Å². The van der Waals surface area contributed by atoms with Gasteiger partial charge in [0.15, 0.2) is 0 Å². The SMILES string of the molecule is CC1OC(N)=NC12CCc1c(cccc1-c1ccncc1)C2. The molecule has 1 aliphatic heterocycles. The number of aliphatic imine (C=N–C) groups is 1. The van der Waals surface area contributed by atoms with Crippen molar-refractivity contribution in [3.63, 3.8) is 0 Å². The molecule has 2 aromatic rings. The lowest BCUT2D eigenvalue weighted by atomic mass is 9.74. The topological polar surface area (TPSA) is 60.5 Å². The predicted octanol–water partition coefficient (Wildman–Crippen LogP) is 2.71. The maximum Gasteiger partial charge on any atom is 0.282 e. The van der Waals surface area contributed by atoms with E-state index in [0.29, 0.717) is 6.02 Å². The highest BCUT2D eigenvalue weighted by molar-refractivity contribution is 5.75. The van der Waals surface area contributed by atoms with Gasteiger partial charge in [0, 0.05) is 18.8 Å². The molecule has 0 saturated heterocycles. The third-order valence-corrected chi connectivity index (χ3v) is 4.96. The Hall–Kier alpha value is -2.36. The molecule has 0 bridgehead atoms. The lowest BCUT2D eigenvalue weighted by Crippen LogP contribution is -2.41. The van der Waals surface area contributed by atoms with Gasteiger partial charge in [-0.15, -0.1) is 0 Å².